The standard InChI is InChI=1S/C14H8O2Si2/c15-17-13-9-5-1-2-6-10(9)14(18-16)12-8-4-3-7-11(12)13/h1-8H. The van der Waals surface area contributed by atoms with E-state index < -0.39 is 18.8 Å². The summed E-state index contributed by atoms with van der Waals surface area (Å²) in [6, 6.07) is 15.4. The van der Waals surface area contributed by atoms with Gasteiger partial charge in [-0.25, -0.2) is 0 Å². The summed E-state index contributed by atoms with van der Waals surface area (Å²) in [5.41, 5.74) is 0. The van der Waals surface area contributed by atoms with Gasteiger partial charge in [0.05, 0.1) is 0 Å². The van der Waals surface area contributed by atoms with Crippen molar-refractivity contribution in [3.8, 4) is 0 Å². The van der Waals surface area contributed by atoms with Crippen LogP contribution in [-0.4, -0.2) is 18.8 Å². The summed E-state index contributed by atoms with van der Waals surface area (Å²) >= 11 is 0. The Morgan fingerprint density at radius 2 is 0.833 bits per heavy atom. The normalized spacial score (nSPS) is 10.7. The number of rotatable bonds is 2. The third-order valence-electron chi connectivity index (χ3n) is 3.14. The van der Waals surface area contributed by atoms with E-state index in [1.165, 1.54) is 0 Å². The van der Waals surface area contributed by atoms with E-state index in [2.05, 4.69) is 0 Å². The predicted molar refractivity (Wildman–Crippen MR) is 73.6 cm³/mol. The molecule has 3 aromatic rings. The Morgan fingerprint density at radius 1 is 0.556 bits per heavy atom. The zero-order valence-electron chi connectivity index (χ0n) is 9.44. The van der Waals surface area contributed by atoms with Crippen LogP contribution in [0, 0.1) is 0 Å². The van der Waals surface area contributed by atoms with E-state index in [0.717, 1.165) is 31.9 Å². The minimum atomic E-state index is -0.514. The maximum Gasteiger partial charge on any atom is 0.366 e. The van der Waals surface area contributed by atoms with E-state index in [1.54, 1.807) is 0 Å². The van der Waals surface area contributed by atoms with E-state index in [4.69, 9.17) is 0 Å². The van der Waals surface area contributed by atoms with Gasteiger partial charge in [-0.15, -0.1) is 0 Å². The molecule has 0 saturated heterocycles. The molecule has 84 valence electrons. The first-order chi connectivity index (χ1) is 8.86. The lowest BCUT2D eigenvalue weighted by Crippen LogP contribution is -2.19. The Balaban J connectivity index is 2.70. The molecular weight excluding hydrogens is 256 g/mol. The van der Waals surface area contributed by atoms with E-state index in [9.17, 15) is 8.92 Å². The third kappa shape index (κ3) is 1.53. The predicted octanol–water partition coefficient (Wildman–Crippen LogP) is 1.34. The van der Waals surface area contributed by atoms with Crippen molar-refractivity contribution in [3.63, 3.8) is 0 Å². The molecule has 2 nitrogen and oxygen atoms in total. The summed E-state index contributed by atoms with van der Waals surface area (Å²) < 4.78 is 23.0. The lowest BCUT2D eigenvalue weighted by atomic mass is 10.0. The van der Waals surface area contributed by atoms with Crippen molar-refractivity contribution in [3.05, 3.63) is 48.5 Å². The largest absolute Gasteiger partial charge is 0.378 e. The highest BCUT2D eigenvalue weighted by atomic mass is 28.2. The van der Waals surface area contributed by atoms with Gasteiger partial charge in [-0.05, 0) is 21.5 Å². The fraction of sp³-hybridized carbons (Fsp3) is 0. The Kier molecular flexibility index (Phi) is 2.81. The topological polar surface area (TPSA) is 34.1 Å². The van der Waals surface area contributed by atoms with Gasteiger partial charge in [-0.2, -0.15) is 0 Å². The lowest BCUT2D eigenvalue weighted by molar-refractivity contribution is 0.582. The molecular formula is C14H8O2Si2. The number of fused-ring (bicyclic) bond motifs is 2. The maximum absolute atomic E-state index is 11.5. The molecule has 0 aliphatic carbocycles. The molecule has 0 N–H and O–H groups in total. The molecule has 0 unspecified atom stereocenters. The monoisotopic (exact) mass is 264 g/mol. The summed E-state index contributed by atoms with van der Waals surface area (Å²) in [6.07, 6.45) is 0. The van der Waals surface area contributed by atoms with Crippen molar-refractivity contribution in [1.82, 2.24) is 0 Å². The Hall–Kier alpha value is -1.79. The average molecular weight is 264 g/mol. The second kappa shape index (κ2) is 4.47. The molecule has 0 atom stereocenters. The van der Waals surface area contributed by atoms with Crippen LogP contribution in [-0.2, 0) is 8.92 Å². The third-order valence-corrected chi connectivity index (χ3v) is 4.62. The molecule has 0 bridgehead atoms. The van der Waals surface area contributed by atoms with E-state index >= 15 is 0 Å². The minimum Gasteiger partial charge on any atom is -0.378 e. The van der Waals surface area contributed by atoms with Crippen LogP contribution in [0.4, 0.5) is 0 Å². The highest BCUT2D eigenvalue weighted by Crippen LogP contribution is 2.17. The molecule has 2 radical (unpaired) electrons. The van der Waals surface area contributed by atoms with Gasteiger partial charge in [-0.1, -0.05) is 48.5 Å². The molecule has 3 rings (SSSR count). The molecule has 0 fully saturated rings. The van der Waals surface area contributed by atoms with Crippen LogP contribution in [0.25, 0.3) is 21.5 Å². The molecule has 0 aromatic heterocycles. The molecule has 18 heavy (non-hydrogen) atoms. The number of hydrogen-bond acceptors (Lipinski definition) is 2. The van der Waals surface area contributed by atoms with Gasteiger partial charge in [0.1, 0.15) is 0 Å². The summed E-state index contributed by atoms with van der Waals surface area (Å²) in [6.45, 7) is 0. The van der Waals surface area contributed by atoms with Crippen molar-refractivity contribution in [2.24, 2.45) is 0 Å². The van der Waals surface area contributed by atoms with Crippen LogP contribution in [0.3, 0.4) is 0 Å². The molecule has 0 saturated carbocycles. The van der Waals surface area contributed by atoms with Gasteiger partial charge in [0.2, 0.25) is 0 Å². The van der Waals surface area contributed by atoms with E-state index in [-0.39, 0.29) is 0 Å². The molecule has 0 heterocycles. The van der Waals surface area contributed by atoms with Crippen molar-refractivity contribution >= 4 is 50.7 Å². The van der Waals surface area contributed by atoms with Gasteiger partial charge >= 0.3 is 18.8 Å². The van der Waals surface area contributed by atoms with E-state index in [1.807, 2.05) is 48.5 Å². The minimum absolute atomic E-state index is 0.514. The maximum atomic E-state index is 11.5. The van der Waals surface area contributed by atoms with Crippen LogP contribution in [0.1, 0.15) is 0 Å². The lowest BCUT2D eigenvalue weighted by Gasteiger charge is -2.09. The van der Waals surface area contributed by atoms with Crippen LogP contribution in [0.2, 0.25) is 0 Å². The molecule has 0 amide bonds. The van der Waals surface area contributed by atoms with Gasteiger partial charge < -0.3 is 8.92 Å². The van der Waals surface area contributed by atoms with Gasteiger partial charge in [0.15, 0.2) is 0 Å². The smallest absolute Gasteiger partial charge is 0.366 e. The first kappa shape index (κ1) is 11.3. The fourth-order valence-electron chi connectivity index (χ4n) is 2.35. The second-order valence-electron chi connectivity index (χ2n) is 4.05. The van der Waals surface area contributed by atoms with Crippen LogP contribution >= 0.6 is 0 Å². The first-order valence-corrected chi connectivity index (χ1v) is 7.38. The first-order valence-electron chi connectivity index (χ1n) is 5.56. The highest BCUT2D eigenvalue weighted by Gasteiger charge is 2.13. The van der Waals surface area contributed by atoms with Crippen molar-refractivity contribution in [1.29, 1.82) is 0 Å². The van der Waals surface area contributed by atoms with Gasteiger partial charge in [0.25, 0.3) is 0 Å². The van der Waals surface area contributed by atoms with Crippen LogP contribution in [0.5, 0.6) is 0 Å². The molecule has 0 aliphatic heterocycles. The summed E-state index contributed by atoms with van der Waals surface area (Å²) in [5.74, 6) is 0. The van der Waals surface area contributed by atoms with Crippen molar-refractivity contribution < 1.29 is 8.92 Å². The SMILES string of the molecule is O=[Si]c1c2ccccc2c([Si]=O)c2ccccc12. The van der Waals surface area contributed by atoms with Gasteiger partial charge in [0, 0.05) is 10.4 Å². The van der Waals surface area contributed by atoms with Crippen LogP contribution < -0.4 is 10.4 Å². The summed E-state index contributed by atoms with van der Waals surface area (Å²) in [4.78, 5) is 0. The number of benzene rings is 3. The Bertz CT molecular complexity index is 658. The van der Waals surface area contributed by atoms with Crippen molar-refractivity contribution in [2.45, 2.75) is 0 Å². The summed E-state index contributed by atoms with van der Waals surface area (Å²) in [5, 5.41) is 5.38. The molecule has 4 heteroatoms. The fourth-order valence-corrected chi connectivity index (χ4v) is 3.66. The zero-order valence-corrected chi connectivity index (χ0v) is 11.4. The Labute approximate surface area is 108 Å². The Morgan fingerprint density at radius 3 is 1.06 bits per heavy atom. The second-order valence-corrected chi connectivity index (χ2v) is 5.45. The van der Waals surface area contributed by atoms with Crippen molar-refractivity contribution in [2.75, 3.05) is 0 Å². The molecule has 0 spiro atoms. The molecule has 3 aromatic carbocycles. The number of hydrogen-bond donors (Lipinski definition) is 0. The zero-order chi connectivity index (χ0) is 12.5. The summed E-state index contributed by atoms with van der Waals surface area (Å²) in [7, 11) is -1.03. The highest BCUT2D eigenvalue weighted by molar-refractivity contribution is 6.57. The van der Waals surface area contributed by atoms with E-state index in [0.29, 0.717) is 0 Å². The average Bonchev–Trinajstić information content (AvgIpc) is 2.44. The quantitative estimate of drug-likeness (QED) is 0.517. The van der Waals surface area contributed by atoms with Crippen LogP contribution in [0.15, 0.2) is 48.5 Å². The van der Waals surface area contributed by atoms with Gasteiger partial charge in [-0.3, -0.25) is 0 Å². The molecule has 0 aliphatic rings.